The molecule has 16 heavy (non-hydrogen) atoms. The first-order valence-electron chi connectivity index (χ1n) is 4.82. The van der Waals surface area contributed by atoms with Gasteiger partial charge >= 0.3 is 5.97 Å². The summed E-state index contributed by atoms with van der Waals surface area (Å²) >= 11 is 7.50. The largest absolute Gasteiger partial charge is 0.469 e. The van der Waals surface area contributed by atoms with Crippen LogP contribution in [-0.4, -0.2) is 18.8 Å². The standard InChI is InChI=1S/C11H14ClNO2S/c1-15-11(14)4-5-16-7-8-6-9(12)2-3-10(8)13/h2-3,6H,4-5,7,13H2,1H3. The number of nitrogens with two attached hydrogens (primary N) is 1. The van der Waals surface area contributed by atoms with E-state index < -0.39 is 0 Å². The summed E-state index contributed by atoms with van der Waals surface area (Å²) in [7, 11) is 1.39. The molecule has 0 aliphatic carbocycles. The highest BCUT2D eigenvalue weighted by Crippen LogP contribution is 2.22. The molecule has 2 N–H and O–H groups in total. The predicted octanol–water partition coefficient (Wildman–Crippen LogP) is 2.72. The van der Waals surface area contributed by atoms with Gasteiger partial charge in [-0.05, 0) is 23.8 Å². The maximum absolute atomic E-state index is 10.9. The van der Waals surface area contributed by atoms with Gasteiger partial charge in [-0.25, -0.2) is 0 Å². The lowest BCUT2D eigenvalue weighted by molar-refractivity contribution is -0.140. The number of hydrogen-bond acceptors (Lipinski definition) is 4. The number of ether oxygens (including phenoxy) is 1. The Bertz CT molecular complexity index is 371. The van der Waals surface area contributed by atoms with Gasteiger partial charge in [0.1, 0.15) is 0 Å². The van der Waals surface area contributed by atoms with E-state index in [9.17, 15) is 4.79 Å². The van der Waals surface area contributed by atoms with E-state index >= 15 is 0 Å². The Morgan fingerprint density at radius 1 is 1.56 bits per heavy atom. The quantitative estimate of drug-likeness (QED) is 0.502. The second kappa shape index (κ2) is 6.66. The van der Waals surface area contributed by atoms with Crippen LogP contribution in [0.5, 0.6) is 0 Å². The number of carbonyl (C=O) groups is 1. The van der Waals surface area contributed by atoms with Gasteiger partial charge in [0.15, 0.2) is 0 Å². The van der Waals surface area contributed by atoms with Crippen molar-refractivity contribution in [2.24, 2.45) is 0 Å². The Labute approximate surface area is 104 Å². The van der Waals surface area contributed by atoms with Crippen LogP contribution in [-0.2, 0) is 15.3 Å². The van der Waals surface area contributed by atoms with Gasteiger partial charge < -0.3 is 10.5 Å². The van der Waals surface area contributed by atoms with Crippen LogP contribution in [0.25, 0.3) is 0 Å². The first kappa shape index (κ1) is 13.2. The summed E-state index contributed by atoms with van der Waals surface area (Å²) in [5.74, 6) is 1.29. The van der Waals surface area contributed by atoms with Crippen molar-refractivity contribution in [2.45, 2.75) is 12.2 Å². The molecule has 0 radical (unpaired) electrons. The van der Waals surface area contributed by atoms with Gasteiger partial charge in [0.2, 0.25) is 0 Å². The Morgan fingerprint density at radius 2 is 2.31 bits per heavy atom. The van der Waals surface area contributed by atoms with E-state index in [2.05, 4.69) is 4.74 Å². The molecule has 0 saturated heterocycles. The highest BCUT2D eigenvalue weighted by molar-refractivity contribution is 7.98. The second-order valence-corrected chi connectivity index (χ2v) is 4.76. The molecule has 0 heterocycles. The zero-order chi connectivity index (χ0) is 12.0. The number of methoxy groups -OCH3 is 1. The lowest BCUT2D eigenvalue weighted by Gasteiger charge is -2.05. The average molecular weight is 260 g/mol. The average Bonchev–Trinajstić information content (AvgIpc) is 2.28. The highest BCUT2D eigenvalue weighted by atomic mass is 35.5. The highest BCUT2D eigenvalue weighted by Gasteiger charge is 2.03. The summed E-state index contributed by atoms with van der Waals surface area (Å²) < 4.78 is 4.55. The molecule has 1 aromatic carbocycles. The summed E-state index contributed by atoms with van der Waals surface area (Å²) in [5, 5.41) is 0.678. The Hall–Kier alpha value is -0.870. The molecule has 0 unspecified atom stereocenters. The third-order valence-electron chi connectivity index (χ3n) is 2.04. The SMILES string of the molecule is COC(=O)CCSCc1cc(Cl)ccc1N. The normalized spacial score (nSPS) is 10.1. The van der Waals surface area contributed by atoms with Crippen LogP contribution in [0.3, 0.4) is 0 Å². The fraction of sp³-hybridized carbons (Fsp3) is 0.364. The molecular formula is C11H14ClNO2S. The van der Waals surface area contributed by atoms with Crippen LogP contribution in [0.15, 0.2) is 18.2 Å². The Morgan fingerprint density at radius 3 is 3.00 bits per heavy atom. The molecular weight excluding hydrogens is 246 g/mol. The summed E-state index contributed by atoms with van der Waals surface area (Å²) in [6.45, 7) is 0. The zero-order valence-corrected chi connectivity index (χ0v) is 10.6. The minimum atomic E-state index is -0.188. The van der Waals surface area contributed by atoms with Gasteiger partial charge in [0.25, 0.3) is 0 Å². The van der Waals surface area contributed by atoms with Crippen molar-refractivity contribution < 1.29 is 9.53 Å². The van der Waals surface area contributed by atoms with Gasteiger partial charge in [-0.3, -0.25) is 4.79 Å². The van der Waals surface area contributed by atoms with Crippen molar-refractivity contribution in [3.8, 4) is 0 Å². The fourth-order valence-electron chi connectivity index (χ4n) is 1.14. The smallest absolute Gasteiger partial charge is 0.306 e. The number of anilines is 1. The van der Waals surface area contributed by atoms with Crippen LogP contribution in [0.2, 0.25) is 5.02 Å². The summed E-state index contributed by atoms with van der Waals surface area (Å²) in [5.41, 5.74) is 7.53. The minimum absolute atomic E-state index is 0.188. The molecule has 0 amide bonds. The van der Waals surface area contributed by atoms with Crippen molar-refractivity contribution in [1.29, 1.82) is 0 Å². The number of halogens is 1. The van der Waals surface area contributed by atoms with E-state index in [1.807, 2.05) is 6.07 Å². The number of esters is 1. The molecule has 0 fully saturated rings. The molecule has 5 heteroatoms. The number of hydrogen-bond donors (Lipinski definition) is 1. The van der Waals surface area contributed by atoms with Crippen LogP contribution in [0, 0.1) is 0 Å². The third kappa shape index (κ3) is 4.33. The van der Waals surface area contributed by atoms with E-state index in [-0.39, 0.29) is 5.97 Å². The molecule has 1 rings (SSSR count). The van der Waals surface area contributed by atoms with E-state index in [1.165, 1.54) is 7.11 Å². The second-order valence-electron chi connectivity index (χ2n) is 3.22. The minimum Gasteiger partial charge on any atom is -0.469 e. The molecule has 0 aliphatic heterocycles. The van der Waals surface area contributed by atoms with Crippen LogP contribution < -0.4 is 5.73 Å². The predicted molar refractivity (Wildman–Crippen MR) is 68.7 cm³/mol. The topological polar surface area (TPSA) is 52.3 Å². The molecule has 1 aromatic rings. The zero-order valence-electron chi connectivity index (χ0n) is 9.03. The molecule has 0 aromatic heterocycles. The fourth-order valence-corrected chi connectivity index (χ4v) is 2.26. The molecule has 0 aliphatic rings. The molecule has 0 saturated carbocycles. The summed E-state index contributed by atoms with van der Waals surface area (Å²) in [6.07, 6.45) is 0.418. The first-order chi connectivity index (χ1) is 7.63. The van der Waals surface area contributed by atoms with Gasteiger partial charge in [-0.15, -0.1) is 0 Å². The van der Waals surface area contributed by atoms with E-state index in [0.717, 1.165) is 22.8 Å². The number of nitrogen functional groups attached to an aromatic ring is 1. The lowest BCUT2D eigenvalue weighted by atomic mass is 10.2. The number of rotatable bonds is 5. The molecule has 88 valence electrons. The molecule has 0 atom stereocenters. The van der Waals surface area contributed by atoms with Crippen LogP contribution >= 0.6 is 23.4 Å². The van der Waals surface area contributed by atoms with Gasteiger partial charge in [-0.2, -0.15) is 11.8 Å². The number of benzene rings is 1. The lowest BCUT2D eigenvalue weighted by Crippen LogP contribution is -2.01. The van der Waals surface area contributed by atoms with Crippen LogP contribution in [0.1, 0.15) is 12.0 Å². The monoisotopic (exact) mass is 259 g/mol. The van der Waals surface area contributed by atoms with Gasteiger partial charge in [0, 0.05) is 22.2 Å². The maximum atomic E-state index is 10.9. The van der Waals surface area contributed by atoms with Gasteiger partial charge in [0.05, 0.1) is 13.5 Å². The van der Waals surface area contributed by atoms with Crippen LogP contribution in [0.4, 0.5) is 5.69 Å². The molecule has 0 bridgehead atoms. The van der Waals surface area contributed by atoms with Crippen molar-refractivity contribution in [3.05, 3.63) is 28.8 Å². The van der Waals surface area contributed by atoms with Gasteiger partial charge in [-0.1, -0.05) is 11.6 Å². The maximum Gasteiger partial charge on any atom is 0.306 e. The third-order valence-corrected chi connectivity index (χ3v) is 3.28. The van der Waals surface area contributed by atoms with Crippen molar-refractivity contribution >= 4 is 35.0 Å². The Kier molecular flexibility index (Phi) is 5.49. The van der Waals surface area contributed by atoms with Crippen molar-refractivity contribution in [1.82, 2.24) is 0 Å². The van der Waals surface area contributed by atoms with E-state index in [1.54, 1.807) is 23.9 Å². The first-order valence-corrected chi connectivity index (χ1v) is 6.35. The number of thioether (sulfide) groups is 1. The number of carbonyl (C=O) groups excluding carboxylic acids is 1. The van der Waals surface area contributed by atoms with Crippen molar-refractivity contribution in [2.75, 3.05) is 18.6 Å². The molecule has 0 spiro atoms. The molecule has 3 nitrogen and oxygen atoms in total. The van der Waals surface area contributed by atoms with Crippen molar-refractivity contribution in [3.63, 3.8) is 0 Å². The van der Waals surface area contributed by atoms with E-state index in [0.29, 0.717) is 11.4 Å². The summed E-state index contributed by atoms with van der Waals surface area (Å²) in [4.78, 5) is 10.9. The summed E-state index contributed by atoms with van der Waals surface area (Å²) in [6, 6.07) is 5.40. The Balaban J connectivity index is 2.37. The van der Waals surface area contributed by atoms with E-state index in [4.69, 9.17) is 17.3 Å².